The molecule has 4 nitrogen and oxygen atoms in total. The highest BCUT2D eigenvalue weighted by atomic mass is 32.1. The summed E-state index contributed by atoms with van der Waals surface area (Å²) >= 11 is 3.99. The Morgan fingerprint density at radius 2 is 2.55 bits per heavy atom. The molecule has 11 heavy (non-hydrogen) atoms. The highest BCUT2D eigenvalue weighted by Gasteiger charge is 2.05. The number of hydrogen-bond acceptors (Lipinski definition) is 3. The fourth-order valence-electron chi connectivity index (χ4n) is 0.704. The average molecular weight is 172 g/mol. The van der Waals surface area contributed by atoms with E-state index >= 15 is 0 Å². The van der Waals surface area contributed by atoms with Crippen LogP contribution in [0.3, 0.4) is 0 Å². The predicted octanol–water partition coefficient (Wildman–Crippen LogP) is 0.580. The van der Waals surface area contributed by atoms with Gasteiger partial charge in [-0.15, -0.1) is 0 Å². The number of aromatic amines is 1. The second-order valence-electron chi connectivity index (χ2n) is 2.02. The largest absolute Gasteiger partial charge is 0.477 e. The second-order valence-corrected chi connectivity index (χ2v) is 2.47. The van der Waals surface area contributed by atoms with Gasteiger partial charge in [0.25, 0.3) is 0 Å². The van der Waals surface area contributed by atoms with Gasteiger partial charge in [0, 0.05) is 6.42 Å². The zero-order chi connectivity index (χ0) is 8.27. The van der Waals surface area contributed by atoms with Crippen LogP contribution in [0.15, 0.2) is 6.20 Å². The number of nitrogens with one attached hydrogen (secondary N) is 1. The molecule has 0 radical (unpaired) electrons. The standard InChI is InChI=1S/C6H8N2O2S/c9-6(10)4-3-7-5(8-4)1-2-11/h3,11H,1-2H2,(H,7,8)(H,9,10). The van der Waals surface area contributed by atoms with Crippen LogP contribution in [0.2, 0.25) is 0 Å². The van der Waals surface area contributed by atoms with Crippen molar-refractivity contribution in [1.82, 2.24) is 9.97 Å². The van der Waals surface area contributed by atoms with E-state index in [2.05, 4.69) is 22.6 Å². The molecular formula is C6H8N2O2S. The van der Waals surface area contributed by atoms with Gasteiger partial charge < -0.3 is 10.1 Å². The van der Waals surface area contributed by atoms with Gasteiger partial charge in [-0.05, 0) is 5.75 Å². The molecule has 0 aliphatic carbocycles. The van der Waals surface area contributed by atoms with Gasteiger partial charge in [-0.2, -0.15) is 12.6 Å². The van der Waals surface area contributed by atoms with Crippen molar-refractivity contribution < 1.29 is 9.90 Å². The van der Waals surface area contributed by atoms with Gasteiger partial charge in [-0.3, -0.25) is 0 Å². The molecule has 2 N–H and O–H groups in total. The van der Waals surface area contributed by atoms with E-state index in [0.717, 1.165) is 0 Å². The molecule has 1 aromatic heterocycles. The summed E-state index contributed by atoms with van der Waals surface area (Å²) in [5, 5.41) is 8.48. The lowest BCUT2D eigenvalue weighted by Gasteiger charge is -1.88. The molecule has 1 aromatic rings. The summed E-state index contributed by atoms with van der Waals surface area (Å²) in [6, 6.07) is 0. The molecule has 0 fully saturated rings. The Balaban J connectivity index is 2.73. The summed E-state index contributed by atoms with van der Waals surface area (Å²) in [4.78, 5) is 16.8. The first-order valence-electron chi connectivity index (χ1n) is 3.12. The van der Waals surface area contributed by atoms with Crippen LogP contribution in [0.1, 0.15) is 16.3 Å². The topological polar surface area (TPSA) is 66.0 Å². The quantitative estimate of drug-likeness (QED) is 0.584. The third-order valence-corrected chi connectivity index (χ3v) is 1.43. The molecule has 0 unspecified atom stereocenters. The molecule has 0 bridgehead atoms. The first-order chi connectivity index (χ1) is 5.24. The summed E-state index contributed by atoms with van der Waals surface area (Å²) in [7, 11) is 0. The van der Waals surface area contributed by atoms with Gasteiger partial charge in [-0.1, -0.05) is 0 Å². The van der Waals surface area contributed by atoms with Gasteiger partial charge >= 0.3 is 5.97 Å². The number of aryl methyl sites for hydroxylation is 1. The molecule has 0 atom stereocenters. The number of carboxylic acids is 1. The lowest BCUT2D eigenvalue weighted by Crippen LogP contribution is -1.96. The molecule has 60 valence electrons. The lowest BCUT2D eigenvalue weighted by molar-refractivity contribution is 0.0691. The number of aromatic nitrogens is 2. The van der Waals surface area contributed by atoms with Crippen molar-refractivity contribution in [3.8, 4) is 0 Å². The average Bonchev–Trinajstić information content (AvgIpc) is 2.37. The van der Waals surface area contributed by atoms with Crippen LogP contribution in [-0.2, 0) is 6.42 Å². The van der Waals surface area contributed by atoms with Crippen LogP contribution in [-0.4, -0.2) is 26.8 Å². The van der Waals surface area contributed by atoms with Crippen LogP contribution in [0.25, 0.3) is 0 Å². The number of hydrogen-bond donors (Lipinski definition) is 3. The molecular weight excluding hydrogens is 164 g/mol. The lowest BCUT2D eigenvalue weighted by atomic mass is 10.5. The minimum atomic E-state index is -0.983. The molecule has 0 aliphatic rings. The van der Waals surface area contributed by atoms with E-state index in [0.29, 0.717) is 18.0 Å². The summed E-state index contributed by atoms with van der Waals surface area (Å²) in [5.41, 5.74) is 0.127. The molecule has 0 amide bonds. The third kappa shape index (κ3) is 1.98. The molecule has 1 heterocycles. The molecule has 0 aliphatic heterocycles. The van der Waals surface area contributed by atoms with Crippen molar-refractivity contribution in [2.75, 3.05) is 5.75 Å². The van der Waals surface area contributed by atoms with Crippen LogP contribution < -0.4 is 0 Å². The van der Waals surface area contributed by atoms with E-state index in [1.54, 1.807) is 0 Å². The summed E-state index contributed by atoms with van der Waals surface area (Å²) < 4.78 is 0. The highest BCUT2D eigenvalue weighted by molar-refractivity contribution is 7.80. The maximum atomic E-state index is 10.3. The number of imidazole rings is 1. The molecule has 0 saturated heterocycles. The number of rotatable bonds is 3. The van der Waals surface area contributed by atoms with Crippen LogP contribution >= 0.6 is 12.6 Å². The first-order valence-corrected chi connectivity index (χ1v) is 3.75. The SMILES string of the molecule is O=C(O)c1cnc(CCS)[nH]1. The van der Waals surface area contributed by atoms with Gasteiger partial charge in [0.2, 0.25) is 0 Å². The van der Waals surface area contributed by atoms with Gasteiger partial charge in [-0.25, -0.2) is 9.78 Å². The number of H-pyrrole nitrogens is 1. The Labute approximate surface area is 69.1 Å². The first kappa shape index (κ1) is 8.13. The van der Waals surface area contributed by atoms with Gasteiger partial charge in [0.1, 0.15) is 11.5 Å². The maximum absolute atomic E-state index is 10.3. The Hall–Kier alpha value is -0.970. The number of thiol groups is 1. The predicted molar refractivity (Wildman–Crippen MR) is 43.1 cm³/mol. The Morgan fingerprint density at radius 1 is 1.82 bits per heavy atom. The normalized spacial score (nSPS) is 9.91. The fourth-order valence-corrected chi connectivity index (χ4v) is 0.916. The Morgan fingerprint density at radius 3 is 3.00 bits per heavy atom. The van der Waals surface area contributed by atoms with Crippen LogP contribution in [0.4, 0.5) is 0 Å². The molecule has 0 saturated carbocycles. The van der Waals surface area contributed by atoms with E-state index < -0.39 is 5.97 Å². The fraction of sp³-hybridized carbons (Fsp3) is 0.333. The van der Waals surface area contributed by atoms with Crippen LogP contribution in [0.5, 0.6) is 0 Å². The van der Waals surface area contributed by atoms with E-state index in [1.165, 1.54) is 6.20 Å². The van der Waals surface area contributed by atoms with Crippen molar-refractivity contribution in [3.63, 3.8) is 0 Å². The Bertz CT molecular complexity index is 259. The minimum Gasteiger partial charge on any atom is -0.477 e. The number of carbonyl (C=O) groups is 1. The molecule has 5 heteroatoms. The molecule has 0 aromatic carbocycles. The molecule has 1 rings (SSSR count). The Kier molecular flexibility index (Phi) is 2.53. The van der Waals surface area contributed by atoms with Gasteiger partial charge in [0.15, 0.2) is 0 Å². The van der Waals surface area contributed by atoms with Crippen LogP contribution in [0, 0.1) is 0 Å². The van der Waals surface area contributed by atoms with Gasteiger partial charge in [0.05, 0.1) is 6.20 Å². The monoisotopic (exact) mass is 172 g/mol. The number of aromatic carboxylic acids is 1. The third-order valence-electron chi connectivity index (χ3n) is 1.21. The van der Waals surface area contributed by atoms with Crippen molar-refractivity contribution >= 4 is 18.6 Å². The number of carboxylic acid groups (broad SMARTS) is 1. The smallest absolute Gasteiger partial charge is 0.353 e. The zero-order valence-corrected chi connectivity index (χ0v) is 6.64. The van der Waals surface area contributed by atoms with E-state index in [-0.39, 0.29) is 5.69 Å². The van der Waals surface area contributed by atoms with Crippen molar-refractivity contribution in [2.45, 2.75) is 6.42 Å². The number of nitrogens with zero attached hydrogens (tertiary/aromatic N) is 1. The zero-order valence-electron chi connectivity index (χ0n) is 5.74. The second kappa shape index (κ2) is 3.43. The maximum Gasteiger partial charge on any atom is 0.353 e. The highest BCUT2D eigenvalue weighted by Crippen LogP contribution is 1.98. The van der Waals surface area contributed by atoms with E-state index in [9.17, 15) is 4.79 Å². The van der Waals surface area contributed by atoms with Crippen molar-refractivity contribution in [3.05, 3.63) is 17.7 Å². The summed E-state index contributed by atoms with van der Waals surface area (Å²) in [6.45, 7) is 0. The summed E-state index contributed by atoms with van der Waals surface area (Å²) in [5.74, 6) is 0.340. The van der Waals surface area contributed by atoms with Crippen molar-refractivity contribution in [1.29, 1.82) is 0 Å². The van der Waals surface area contributed by atoms with E-state index in [4.69, 9.17) is 5.11 Å². The summed E-state index contributed by atoms with van der Waals surface area (Å²) in [6.07, 6.45) is 1.97. The van der Waals surface area contributed by atoms with E-state index in [1.807, 2.05) is 0 Å². The molecule has 0 spiro atoms. The van der Waals surface area contributed by atoms with Crippen molar-refractivity contribution in [2.24, 2.45) is 0 Å². The minimum absolute atomic E-state index is 0.127.